The largest absolute Gasteiger partial charge is 0.396 e. The van der Waals surface area contributed by atoms with E-state index in [2.05, 4.69) is 19.6 Å². The van der Waals surface area contributed by atoms with E-state index in [0.717, 1.165) is 37.7 Å². The van der Waals surface area contributed by atoms with Crippen molar-refractivity contribution in [2.24, 2.45) is 22.7 Å². The van der Waals surface area contributed by atoms with E-state index in [1.165, 1.54) is 17.7 Å². The van der Waals surface area contributed by atoms with Gasteiger partial charge in [0.05, 0.1) is 12.7 Å². The summed E-state index contributed by atoms with van der Waals surface area (Å²) in [5.41, 5.74) is 1.88. The van der Waals surface area contributed by atoms with Gasteiger partial charge >= 0.3 is 0 Å². The topological polar surface area (TPSA) is 40.5 Å². The van der Waals surface area contributed by atoms with Crippen molar-refractivity contribution in [1.82, 2.24) is 0 Å². The highest BCUT2D eigenvalue weighted by atomic mass is 19.1. The van der Waals surface area contributed by atoms with E-state index in [9.17, 15) is 14.6 Å². The summed E-state index contributed by atoms with van der Waals surface area (Å²) >= 11 is 0. The fourth-order valence-corrected chi connectivity index (χ4v) is 5.55. The number of allylic oxidation sites excluding steroid dienone is 2. The van der Waals surface area contributed by atoms with E-state index < -0.39 is 11.5 Å². The van der Waals surface area contributed by atoms with Gasteiger partial charge in [0.25, 0.3) is 0 Å². The lowest BCUT2D eigenvalue weighted by atomic mass is 9.46. The molecule has 26 heavy (non-hydrogen) atoms. The molecule has 0 bridgehead atoms. The summed E-state index contributed by atoms with van der Waals surface area (Å²) in [6, 6.07) is 6.52. The van der Waals surface area contributed by atoms with Crippen LogP contribution in [-0.4, -0.2) is 22.9 Å². The predicted octanol–water partition coefficient (Wildman–Crippen LogP) is 4.97. The van der Waals surface area contributed by atoms with Crippen LogP contribution in [0.5, 0.6) is 0 Å². The smallest absolute Gasteiger partial charge is 0.123 e. The van der Waals surface area contributed by atoms with E-state index in [1.54, 1.807) is 12.1 Å². The zero-order valence-corrected chi connectivity index (χ0v) is 15.9. The maximum Gasteiger partial charge on any atom is 0.123 e. The van der Waals surface area contributed by atoms with E-state index in [0.29, 0.717) is 11.8 Å². The highest BCUT2D eigenvalue weighted by Gasteiger charge is 2.57. The van der Waals surface area contributed by atoms with Gasteiger partial charge in [0.2, 0.25) is 0 Å². The molecule has 2 aliphatic rings. The molecule has 142 valence electrons. The molecular formula is C23H31FO2. The average molecular weight is 358 g/mol. The Labute approximate surface area is 156 Å². The Hall–Kier alpha value is -1.45. The molecular weight excluding hydrogens is 327 g/mol. The molecule has 3 heteroatoms. The molecule has 2 saturated carbocycles. The second-order valence-corrected chi connectivity index (χ2v) is 8.72. The second-order valence-electron chi connectivity index (χ2n) is 8.72. The minimum absolute atomic E-state index is 0.0268. The SMILES string of the molecule is C=C1CC[C@@H]2[C@](C)(CO)[C@H](O)CC[C@@]2(C)[C@@H]1C/C=C/c1ccc(F)cc1. The van der Waals surface area contributed by atoms with Crippen molar-refractivity contribution < 1.29 is 14.6 Å². The number of rotatable bonds is 4. The number of fused-ring (bicyclic) bond motifs is 1. The summed E-state index contributed by atoms with van der Waals surface area (Å²) in [6.45, 7) is 8.74. The Balaban J connectivity index is 1.81. The first-order chi connectivity index (χ1) is 12.3. The van der Waals surface area contributed by atoms with Crippen molar-refractivity contribution in [2.45, 2.75) is 52.1 Å². The summed E-state index contributed by atoms with van der Waals surface area (Å²) in [5.74, 6) is 0.414. The fraction of sp³-hybridized carbons (Fsp3) is 0.565. The molecule has 1 aromatic rings. The van der Waals surface area contributed by atoms with Gasteiger partial charge in [-0.15, -0.1) is 0 Å². The van der Waals surface area contributed by atoms with Gasteiger partial charge < -0.3 is 10.2 Å². The van der Waals surface area contributed by atoms with Gasteiger partial charge in [0.15, 0.2) is 0 Å². The van der Waals surface area contributed by atoms with E-state index in [4.69, 9.17) is 0 Å². The van der Waals surface area contributed by atoms with Crippen LogP contribution in [0.4, 0.5) is 4.39 Å². The molecule has 2 N–H and O–H groups in total. The first kappa shape index (κ1) is 19.3. The van der Waals surface area contributed by atoms with Crippen LogP contribution < -0.4 is 0 Å². The number of halogens is 1. The first-order valence-corrected chi connectivity index (χ1v) is 9.70. The van der Waals surface area contributed by atoms with Crippen LogP contribution in [0.1, 0.15) is 51.5 Å². The lowest BCUT2D eigenvalue weighted by molar-refractivity contribution is -0.151. The van der Waals surface area contributed by atoms with Gasteiger partial charge in [-0.25, -0.2) is 4.39 Å². The highest BCUT2D eigenvalue weighted by molar-refractivity contribution is 5.49. The fourth-order valence-electron chi connectivity index (χ4n) is 5.55. The monoisotopic (exact) mass is 358 g/mol. The maximum atomic E-state index is 13.0. The Bertz CT molecular complexity index is 680. The molecule has 5 atom stereocenters. The van der Waals surface area contributed by atoms with Crippen molar-refractivity contribution in [1.29, 1.82) is 0 Å². The van der Waals surface area contributed by atoms with Crippen molar-refractivity contribution >= 4 is 6.08 Å². The molecule has 2 nitrogen and oxygen atoms in total. The summed E-state index contributed by atoms with van der Waals surface area (Å²) in [6.07, 6.45) is 8.30. The zero-order valence-electron chi connectivity index (χ0n) is 15.9. The quantitative estimate of drug-likeness (QED) is 0.746. The molecule has 2 fully saturated rings. The minimum Gasteiger partial charge on any atom is -0.396 e. The summed E-state index contributed by atoms with van der Waals surface area (Å²) in [5, 5.41) is 20.6. The molecule has 0 aliphatic heterocycles. The zero-order chi connectivity index (χ0) is 18.9. The Morgan fingerprint density at radius 3 is 2.58 bits per heavy atom. The summed E-state index contributed by atoms with van der Waals surface area (Å²) < 4.78 is 13.0. The number of benzene rings is 1. The van der Waals surface area contributed by atoms with Crippen LogP contribution in [0, 0.1) is 28.5 Å². The van der Waals surface area contributed by atoms with Gasteiger partial charge in [-0.3, -0.25) is 0 Å². The Morgan fingerprint density at radius 2 is 1.92 bits per heavy atom. The lowest BCUT2D eigenvalue weighted by Crippen LogP contribution is -2.57. The molecule has 0 spiro atoms. The van der Waals surface area contributed by atoms with Gasteiger partial charge in [-0.1, -0.05) is 50.3 Å². The third-order valence-corrected chi connectivity index (χ3v) is 7.25. The summed E-state index contributed by atoms with van der Waals surface area (Å²) in [7, 11) is 0. The van der Waals surface area contributed by atoms with Gasteiger partial charge in [0, 0.05) is 5.41 Å². The van der Waals surface area contributed by atoms with Gasteiger partial charge in [-0.2, -0.15) is 0 Å². The lowest BCUT2D eigenvalue weighted by Gasteiger charge is -2.59. The van der Waals surface area contributed by atoms with Crippen LogP contribution in [0.3, 0.4) is 0 Å². The molecule has 0 aromatic heterocycles. The first-order valence-electron chi connectivity index (χ1n) is 9.70. The molecule has 0 amide bonds. The third kappa shape index (κ3) is 3.27. The highest BCUT2D eigenvalue weighted by Crippen LogP contribution is 2.61. The molecule has 0 unspecified atom stereocenters. The molecule has 2 aliphatic carbocycles. The molecule has 3 rings (SSSR count). The van der Waals surface area contributed by atoms with E-state index in [-0.39, 0.29) is 17.8 Å². The number of hydrogen-bond acceptors (Lipinski definition) is 2. The third-order valence-electron chi connectivity index (χ3n) is 7.25. The van der Waals surface area contributed by atoms with Crippen molar-refractivity contribution in [3.63, 3.8) is 0 Å². The predicted molar refractivity (Wildman–Crippen MR) is 104 cm³/mol. The van der Waals surface area contributed by atoms with E-state index in [1.807, 2.05) is 13.0 Å². The van der Waals surface area contributed by atoms with Gasteiger partial charge in [0.1, 0.15) is 5.82 Å². The number of aliphatic hydroxyl groups is 2. The molecule has 0 heterocycles. The van der Waals surface area contributed by atoms with Gasteiger partial charge in [-0.05, 0) is 67.1 Å². The minimum atomic E-state index is -0.438. The normalized spacial score (nSPS) is 37.7. The van der Waals surface area contributed by atoms with Crippen LogP contribution in [-0.2, 0) is 0 Å². The molecule has 0 radical (unpaired) electrons. The van der Waals surface area contributed by atoms with Crippen LogP contribution in [0.2, 0.25) is 0 Å². The number of aliphatic hydroxyl groups excluding tert-OH is 2. The maximum absolute atomic E-state index is 13.0. The average Bonchev–Trinajstić information content (AvgIpc) is 2.62. The van der Waals surface area contributed by atoms with Crippen molar-refractivity contribution in [2.75, 3.05) is 6.61 Å². The van der Waals surface area contributed by atoms with Crippen LogP contribution >= 0.6 is 0 Å². The Kier molecular flexibility index (Phi) is 5.41. The van der Waals surface area contributed by atoms with Crippen molar-refractivity contribution in [3.05, 3.63) is 53.9 Å². The Morgan fingerprint density at radius 1 is 1.23 bits per heavy atom. The molecule has 1 aromatic carbocycles. The van der Waals surface area contributed by atoms with Crippen molar-refractivity contribution in [3.8, 4) is 0 Å². The number of hydrogen-bond donors (Lipinski definition) is 2. The molecule has 0 saturated heterocycles. The summed E-state index contributed by atoms with van der Waals surface area (Å²) in [4.78, 5) is 0. The standard InChI is InChI=1S/C23H31FO2/c1-16-7-12-20-22(2,14-13-21(26)23(20,3)15-25)19(16)6-4-5-17-8-10-18(24)11-9-17/h4-5,8-11,19-21,25-26H,1,6-7,12-15H2,2-3H3/b5-4+/t19-,20+,21-,22+,23+/m1/s1. The second kappa shape index (κ2) is 7.28. The van der Waals surface area contributed by atoms with E-state index >= 15 is 0 Å². The van der Waals surface area contributed by atoms with Crippen LogP contribution in [0.25, 0.3) is 6.08 Å². The van der Waals surface area contributed by atoms with Crippen LogP contribution in [0.15, 0.2) is 42.5 Å².